The Morgan fingerprint density at radius 2 is 2.00 bits per heavy atom. The maximum absolute atomic E-state index is 12.0. The van der Waals surface area contributed by atoms with Gasteiger partial charge in [-0.3, -0.25) is 0 Å². The maximum atomic E-state index is 12.0. The molecule has 0 amide bonds. The van der Waals surface area contributed by atoms with Crippen LogP contribution in [0.25, 0.3) is 5.69 Å². The van der Waals surface area contributed by atoms with E-state index in [1.807, 2.05) is 18.2 Å². The van der Waals surface area contributed by atoms with Gasteiger partial charge in [-0.15, -0.1) is 17.7 Å². The molecule has 0 bridgehead atoms. The molecule has 0 aliphatic heterocycles. The highest BCUT2D eigenvalue weighted by atomic mass is 32.1. The van der Waals surface area contributed by atoms with Crippen molar-refractivity contribution in [3.63, 3.8) is 0 Å². The van der Waals surface area contributed by atoms with E-state index in [0.29, 0.717) is 11.5 Å². The molecule has 0 aliphatic rings. The Morgan fingerprint density at radius 1 is 1.38 bits per heavy atom. The molecule has 0 saturated carbocycles. The highest BCUT2D eigenvalue weighted by Gasteiger charge is 2.12. The number of hydrogen-bond acceptors (Lipinski definition) is 3. The summed E-state index contributed by atoms with van der Waals surface area (Å²) in [7, 11) is 0. The molecule has 0 aliphatic carbocycles. The van der Waals surface area contributed by atoms with Crippen LogP contribution in [0.4, 0.5) is 0 Å². The van der Waals surface area contributed by atoms with Gasteiger partial charge < -0.3 is 0 Å². The lowest BCUT2D eigenvalue weighted by Gasteiger charge is -1.97. The average molecular weight is 251 g/mol. The monoisotopic (exact) mass is 251 g/mol. The van der Waals surface area contributed by atoms with Crippen LogP contribution in [-0.4, -0.2) is 18.7 Å². The van der Waals surface area contributed by atoms with Crippen molar-refractivity contribution in [2.75, 3.05) is 0 Å². The van der Waals surface area contributed by atoms with Crippen molar-refractivity contribution in [1.29, 1.82) is 0 Å². The lowest BCUT2D eigenvalue weighted by Crippen LogP contribution is -2.26. The summed E-state index contributed by atoms with van der Waals surface area (Å²) in [5.74, 6) is 0.522. The summed E-state index contributed by atoms with van der Waals surface area (Å²) >= 11 is 8.87. The molecule has 0 radical (unpaired) electrons. The molecule has 1 aromatic carbocycles. The zero-order valence-electron chi connectivity index (χ0n) is 8.49. The largest absolute Gasteiger partial charge is 0.356 e. The van der Waals surface area contributed by atoms with Crippen molar-refractivity contribution in [2.45, 2.75) is 6.92 Å². The van der Waals surface area contributed by atoms with Crippen LogP contribution in [0, 0.1) is 6.92 Å². The van der Waals surface area contributed by atoms with Gasteiger partial charge in [0.25, 0.3) is 0 Å². The third-order valence-corrected chi connectivity index (χ3v) is 2.52. The molecule has 2 aromatic rings. The highest BCUT2D eigenvalue weighted by Crippen LogP contribution is 2.04. The van der Waals surface area contributed by atoms with E-state index in [1.54, 1.807) is 19.1 Å². The maximum Gasteiger partial charge on any atom is 0.356 e. The van der Waals surface area contributed by atoms with E-state index < -0.39 is 0 Å². The van der Waals surface area contributed by atoms with Crippen LogP contribution in [0.1, 0.15) is 5.82 Å². The van der Waals surface area contributed by atoms with Gasteiger partial charge in [0.2, 0.25) is 0 Å². The highest BCUT2D eigenvalue weighted by molar-refractivity contribution is 8.11. The van der Waals surface area contributed by atoms with Crippen LogP contribution < -0.4 is 5.69 Å². The molecule has 82 valence electrons. The number of rotatable bonds is 1. The first-order valence-electron chi connectivity index (χ1n) is 4.58. The van der Waals surface area contributed by atoms with Crippen molar-refractivity contribution in [3.8, 4) is 5.69 Å². The number of aromatic nitrogens is 3. The Hall–Kier alpha value is -1.40. The summed E-state index contributed by atoms with van der Waals surface area (Å²) in [6.45, 7) is 1.71. The predicted octanol–water partition coefficient (Wildman–Crippen LogP) is 1.41. The van der Waals surface area contributed by atoms with Gasteiger partial charge in [0, 0.05) is 0 Å². The molecule has 6 heteroatoms. The summed E-state index contributed by atoms with van der Waals surface area (Å²) < 4.78 is 2.79. The Morgan fingerprint density at radius 3 is 2.50 bits per heavy atom. The van der Waals surface area contributed by atoms with Gasteiger partial charge in [0.1, 0.15) is 10.1 Å². The molecule has 4 nitrogen and oxygen atoms in total. The van der Waals surface area contributed by atoms with Crippen molar-refractivity contribution in [1.82, 2.24) is 14.3 Å². The fourth-order valence-corrected chi connectivity index (χ4v) is 1.86. The average Bonchev–Trinajstić information content (AvgIpc) is 2.55. The second-order valence-electron chi connectivity index (χ2n) is 3.20. The van der Waals surface area contributed by atoms with Gasteiger partial charge in [-0.1, -0.05) is 30.4 Å². The SMILES string of the molecule is Cc1nn(-c2ccccc2)c(=O)n1C(=S)S. The van der Waals surface area contributed by atoms with Gasteiger partial charge in [-0.05, 0) is 19.1 Å². The first-order chi connectivity index (χ1) is 7.61. The first-order valence-corrected chi connectivity index (χ1v) is 5.44. The van der Waals surface area contributed by atoms with Crippen molar-refractivity contribution < 1.29 is 0 Å². The Kier molecular flexibility index (Phi) is 2.93. The number of thiocarbonyl (C=S) groups is 1. The number of para-hydroxylation sites is 1. The molecule has 1 aromatic heterocycles. The third-order valence-electron chi connectivity index (χ3n) is 2.13. The summed E-state index contributed by atoms with van der Waals surface area (Å²) in [5.41, 5.74) is 0.405. The topological polar surface area (TPSA) is 39.8 Å². The van der Waals surface area contributed by atoms with Crippen LogP contribution in [-0.2, 0) is 0 Å². The minimum atomic E-state index is -0.302. The van der Waals surface area contributed by atoms with E-state index in [0.717, 1.165) is 0 Å². The molecule has 0 fully saturated rings. The van der Waals surface area contributed by atoms with Crippen molar-refractivity contribution >= 4 is 29.2 Å². The fraction of sp³-hybridized carbons (Fsp3) is 0.100. The van der Waals surface area contributed by atoms with Crippen LogP contribution in [0.15, 0.2) is 35.1 Å². The Balaban J connectivity index is 2.66. The number of benzene rings is 1. The number of hydrogen-bond donors (Lipinski definition) is 1. The quantitative estimate of drug-likeness (QED) is 0.615. The van der Waals surface area contributed by atoms with Gasteiger partial charge in [-0.25, -0.2) is 9.36 Å². The number of nitrogens with zero attached hydrogens (tertiary/aromatic N) is 3. The minimum absolute atomic E-state index is 0.199. The van der Waals surface area contributed by atoms with E-state index in [4.69, 9.17) is 12.2 Å². The molecule has 0 atom stereocenters. The molecule has 0 saturated heterocycles. The Labute approximate surface area is 103 Å². The van der Waals surface area contributed by atoms with E-state index in [-0.39, 0.29) is 10.0 Å². The van der Waals surface area contributed by atoms with Crippen LogP contribution in [0.5, 0.6) is 0 Å². The van der Waals surface area contributed by atoms with Gasteiger partial charge >= 0.3 is 5.69 Å². The second-order valence-corrected chi connectivity index (χ2v) is 4.31. The molecule has 0 N–H and O–H groups in total. The lowest BCUT2D eigenvalue weighted by atomic mass is 10.3. The van der Waals surface area contributed by atoms with Crippen LogP contribution >= 0.6 is 24.8 Å². The number of thiol groups is 1. The summed E-state index contributed by atoms with van der Waals surface area (Å²) in [4.78, 5) is 12.0. The van der Waals surface area contributed by atoms with Crippen molar-refractivity contribution in [2.24, 2.45) is 0 Å². The van der Waals surface area contributed by atoms with Gasteiger partial charge in [0.05, 0.1) is 5.69 Å². The molecule has 0 spiro atoms. The molecule has 2 rings (SSSR count). The van der Waals surface area contributed by atoms with Gasteiger partial charge in [-0.2, -0.15) is 4.68 Å². The predicted molar refractivity (Wildman–Crippen MR) is 69.5 cm³/mol. The zero-order chi connectivity index (χ0) is 11.7. The smallest absolute Gasteiger partial charge is 0.245 e. The van der Waals surface area contributed by atoms with Gasteiger partial charge in [0.15, 0.2) is 0 Å². The number of aryl methyl sites for hydroxylation is 1. The van der Waals surface area contributed by atoms with E-state index in [9.17, 15) is 4.79 Å². The summed E-state index contributed by atoms with van der Waals surface area (Å²) in [5, 5.41) is 4.13. The normalized spacial score (nSPS) is 10.4. The standard InChI is InChI=1S/C10H9N3OS2/c1-7-11-13(8-5-3-2-4-6-8)9(14)12(7)10(15)16/h2-6H,1H3,(H,15,16). The Bertz CT molecular complexity index is 586. The molecule has 16 heavy (non-hydrogen) atoms. The fourth-order valence-electron chi connectivity index (χ4n) is 1.42. The van der Waals surface area contributed by atoms with Crippen molar-refractivity contribution in [3.05, 3.63) is 46.6 Å². The molecule has 0 unspecified atom stereocenters. The minimum Gasteiger partial charge on any atom is -0.245 e. The molecular formula is C10H9N3OS2. The first kappa shape index (κ1) is 11.1. The van der Waals surface area contributed by atoms with E-state index >= 15 is 0 Å². The van der Waals surface area contributed by atoms with E-state index in [2.05, 4.69) is 17.7 Å². The van der Waals surface area contributed by atoms with Crippen LogP contribution in [0.2, 0.25) is 0 Å². The van der Waals surface area contributed by atoms with Crippen LogP contribution in [0.3, 0.4) is 0 Å². The zero-order valence-corrected chi connectivity index (χ0v) is 10.2. The third kappa shape index (κ3) is 1.81. The molecule has 1 heterocycles. The summed E-state index contributed by atoms with van der Waals surface area (Å²) in [6.07, 6.45) is 0. The molecular weight excluding hydrogens is 242 g/mol. The lowest BCUT2D eigenvalue weighted by molar-refractivity contribution is 0.831. The summed E-state index contributed by atoms with van der Waals surface area (Å²) in [6, 6.07) is 9.17. The second kappa shape index (κ2) is 4.23. The van der Waals surface area contributed by atoms with E-state index in [1.165, 1.54) is 9.25 Å².